The molecule has 0 aromatic heterocycles. The highest BCUT2D eigenvalue weighted by atomic mass is 16.6. The maximum absolute atomic E-state index is 8.41. The number of ether oxygens (including phenoxy) is 4. The Hall–Kier alpha value is -0.200. The van der Waals surface area contributed by atoms with Crippen molar-refractivity contribution in [3.63, 3.8) is 0 Å². The van der Waals surface area contributed by atoms with Gasteiger partial charge in [-0.3, -0.25) is 0 Å². The van der Waals surface area contributed by atoms with Gasteiger partial charge in [0.1, 0.15) is 0 Å². The molecule has 5 nitrogen and oxygen atoms in total. The largest absolute Gasteiger partial charge is 0.394 e. The number of hydrogen-bond donors (Lipinski definition) is 1. The molecule has 0 unspecified atom stereocenters. The molecule has 1 N–H and O–H groups in total. The lowest BCUT2D eigenvalue weighted by Crippen LogP contribution is -2.12. The van der Waals surface area contributed by atoms with E-state index >= 15 is 0 Å². The van der Waals surface area contributed by atoms with Crippen molar-refractivity contribution in [2.24, 2.45) is 0 Å². The third kappa shape index (κ3) is 13.8. The van der Waals surface area contributed by atoms with Crippen molar-refractivity contribution in [1.29, 1.82) is 0 Å². The molecule has 0 saturated carbocycles. The molecule has 0 bridgehead atoms. The minimum Gasteiger partial charge on any atom is -0.394 e. The van der Waals surface area contributed by atoms with E-state index in [2.05, 4.69) is 6.92 Å². The second-order valence-corrected chi connectivity index (χ2v) is 2.67. The summed E-state index contributed by atoms with van der Waals surface area (Å²) in [5.41, 5.74) is 0. The quantitative estimate of drug-likeness (QED) is 0.466. The molecule has 0 aliphatic heterocycles. The predicted octanol–water partition coefficient (Wildman–Crippen LogP) is -0.121. The minimum absolute atomic E-state index is 0.0510. The van der Waals surface area contributed by atoms with E-state index in [1.807, 2.05) is 0 Å². The normalized spacial score (nSPS) is 10.8. The van der Waals surface area contributed by atoms with Crippen LogP contribution in [-0.2, 0) is 18.9 Å². The summed E-state index contributed by atoms with van der Waals surface area (Å²) < 4.78 is 20.4. The molecule has 0 aromatic rings. The van der Waals surface area contributed by atoms with Crippen molar-refractivity contribution in [2.75, 3.05) is 59.5 Å². The van der Waals surface area contributed by atoms with Gasteiger partial charge in [-0.25, -0.2) is 0 Å². The first-order chi connectivity index (χ1) is 7.41. The third-order valence-corrected chi connectivity index (χ3v) is 1.50. The Balaban J connectivity index is 2.81. The topological polar surface area (TPSA) is 57.2 Å². The molecule has 91 valence electrons. The second-order valence-electron chi connectivity index (χ2n) is 2.67. The lowest BCUT2D eigenvalue weighted by Gasteiger charge is -2.06. The van der Waals surface area contributed by atoms with Crippen molar-refractivity contribution >= 4 is 0 Å². The molecule has 0 spiro atoms. The van der Waals surface area contributed by atoms with Gasteiger partial charge >= 0.3 is 0 Å². The first-order valence-electron chi connectivity index (χ1n) is 5.13. The van der Waals surface area contributed by atoms with E-state index in [9.17, 15) is 0 Å². The Morgan fingerprint density at radius 1 is 0.667 bits per heavy atom. The standard InChI is InChI=1S/C10H21O5/c1-2-12-5-6-14-9-10-15-8-7-13-4-3-11/h11H,1-10H2. The molecule has 15 heavy (non-hydrogen) atoms. The van der Waals surface area contributed by atoms with E-state index in [0.29, 0.717) is 52.9 Å². The number of rotatable bonds is 12. The van der Waals surface area contributed by atoms with Crippen LogP contribution >= 0.6 is 0 Å². The smallest absolute Gasteiger partial charge is 0.0701 e. The first-order valence-corrected chi connectivity index (χ1v) is 5.13. The summed E-state index contributed by atoms with van der Waals surface area (Å²) in [6.45, 7) is 7.70. The Morgan fingerprint density at radius 3 is 1.47 bits per heavy atom. The van der Waals surface area contributed by atoms with Crippen LogP contribution in [0.1, 0.15) is 0 Å². The van der Waals surface area contributed by atoms with Crippen LogP contribution in [-0.4, -0.2) is 64.6 Å². The molecule has 0 aromatic carbocycles. The molecule has 0 atom stereocenters. The van der Waals surface area contributed by atoms with Crippen molar-refractivity contribution in [1.82, 2.24) is 0 Å². The Kier molecular flexibility index (Phi) is 13.6. The second kappa shape index (κ2) is 13.8. The molecule has 0 rings (SSSR count). The molecular formula is C10H21O5. The van der Waals surface area contributed by atoms with Gasteiger partial charge in [0.2, 0.25) is 0 Å². The van der Waals surface area contributed by atoms with Crippen LogP contribution in [0.25, 0.3) is 0 Å². The molecular weight excluding hydrogens is 200 g/mol. The van der Waals surface area contributed by atoms with E-state index in [-0.39, 0.29) is 6.61 Å². The monoisotopic (exact) mass is 221 g/mol. The highest BCUT2D eigenvalue weighted by molar-refractivity contribution is 4.35. The fourth-order valence-electron chi connectivity index (χ4n) is 0.826. The van der Waals surface area contributed by atoms with Crippen molar-refractivity contribution < 1.29 is 24.1 Å². The van der Waals surface area contributed by atoms with Crippen LogP contribution in [0, 0.1) is 6.92 Å². The van der Waals surface area contributed by atoms with Gasteiger partial charge in [0, 0.05) is 6.61 Å². The molecule has 0 aliphatic carbocycles. The van der Waals surface area contributed by atoms with E-state index in [1.54, 1.807) is 0 Å². The van der Waals surface area contributed by atoms with Crippen LogP contribution in [0.3, 0.4) is 0 Å². The zero-order valence-corrected chi connectivity index (χ0v) is 9.15. The van der Waals surface area contributed by atoms with E-state index in [0.717, 1.165) is 0 Å². The molecule has 0 amide bonds. The lowest BCUT2D eigenvalue weighted by molar-refractivity contribution is -0.00335. The van der Waals surface area contributed by atoms with Crippen LogP contribution in [0.5, 0.6) is 0 Å². The SMILES string of the molecule is [CH2]COCCOCCOCCOCCO. The summed E-state index contributed by atoms with van der Waals surface area (Å²) in [5, 5.41) is 8.41. The van der Waals surface area contributed by atoms with Crippen molar-refractivity contribution in [2.45, 2.75) is 0 Å². The van der Waals surface area contributed by atoms with E-state index in [4.69, 9.17) is 24.1 Å². The van der Waals surface area contributed by atoms with Crippen LogP contribution in [0.4, 0.5) is 0 Å². The maximum Gasteiger partial charge on any atom is 0.0701 e. The minimum atomic E-state index is 0.0510. The molecule has 0 heterocycles. The van der Waals surface area contributed by atoms with Gasteiger partial charge in [0.15, 0.2) is 0 Å². The van der Waals surface area contributed by atoms with Gasteiger partial charge in [-0.15, -0.1) is 0 Å². The number of aliphatic hydroxyl groups excluding tert-OH is 1. The summed E-state index contributed by atoms with van der Waals surface area (Å²) in [5.74, 6) is 0. The summed E-state index contributed by atoms with van der Waals surface area (Å²) >= 11 is 0. The van der Waals surface area contributed by atoms with Crippen molar-refractivity contribution in [3.8, 4) is 0 Å². The molecule has 5 heteroatoms. The molecule has 0 saturated heterocycles. The number of aliphatic hydroxyl groups is 1. The zero-order valence-electron chi connectivity index (χ0n) is 9.15. The highest BCUT2D eigenvalue weighted by Crippen LogP contribution is 1.82. The van der Waals surface area contributed by atoms with Gasteiger partial charge in [-0.2, -0.15) is 0 Å². The average Bonchev–Trinajstić information content (AvgIpc) is 2.26. The van der Waals surface area contributed by atoms with Gasteiger partial charge in [0.25, 0.3) is 0 Å². The van der Waals surface area contributed by atoms with Crippen LogP contribution in [0.15, 0.2) is 0 Å². The predicted molar refractivity (Wildman–Crippen MR) is 55.7 cm³/mol. The highest BCUT2D eigenvalue weighted by Gasteiger charge is 1.91. The maximum atomic E-state index is 8.41. The first kappa shape index (κ1) is 14.8. The Labute approximate surface area is 91.3 Å². The summed E-state index contributed by atoms with van der Waals surface area (Å²) in [6, 6.07) is 0. The summed E-state index contributed by atoms with van der Waals surface area (Å²) in [4.78, 5) is 0. The van der Waals surface area contributed by atoms with E-state index in [1.165, 1.54) is 0 Å². The van der Waals surface area contributed by atoms with Crippen LogP contribution in [0.2, 0.25) is 0 Å². The van der Waals surface area contributed by atoms with Gasteiger partial charge in [-0.05, 0) is 6.92 Å². The van der Waals surface area contributed by atoms with E-state index < -0.39 is 0 Å². The van der Waals surface area contributed by atoms with Crippen LogP contribution < -0.4 is 0 Å². The third-order valence-electron chi connectivity index (χ3n) is 1.50. The average molecular weight is 221 g/mol. The van der Waals surface area contributed by atoms with Gasteiger partial charge < -0.3 is 24.1 Å². The fourth-order valence-corrected chi connectivity index (χ4v) is 0.826. The fraction of sp³-hybridized carbons (Fsp3) is 0.900. The molecule has 1 radical (unpaired) electrons. The zero-order chi connectivity index (χ0) is 11.2. The molecule has 0 fully saturated rings. The Bertz CT molecular complexity index is 98.0. The van der Waals surface area contributed by atoms with Gasteiger partial charge in [-0.1, -0.05) is 0 Å². The lowest BCUT2D eigenvalue weighted by atomic mass is 10.7. The number of hydrogen-bond acceptors (Lipinski definition) is 5. The van der Waals surface area contributed by atoms with Gasteiger partial charge in [0.05, 0.1) is 52.9 Å². The Morgan fingerprint density at radius 2 is 1.07 bits per heavy atom. The summed E-state index contributed by atoms with van der Waals surface area (Å²) in [7, 11) is 0. The van der Waals surface area contributed by atoms with Crippen molar-refractivity contribution in [3.05, 3.63) is 6.92 Å². The molecule has 0 aliphatic rings. The summed E-state index contributed by atoms with van der Waals surface area (Å²) in [6.07, 6.45) is 0.